The van der Waals surface area contributed by atoms with Gasteiger partial charge in [-0.3, -0.25) is 9.59 Å². The fourth-order valence-electron chi connectivity index (χ4n) is 9.82. The molecule has 7 heteroatoms. The molecule has 0 aromatic heterocycles. The molecule has 4 N–H and O–H groups in total. The van der Waals surface area contributed by atoms with Gasteiger partial charge in [-0.05, 0) is 86.0 Å². The number of aliphatic hydroxyl groups excluding tert-OH is 3. The molecule has 2 fully saturated rings. The summed E-state index contributed by atoms with van der Waals surface area (Å²) in [7, 11) is 0. The molecule has 4 aliphatic carbocycles. The van der Waals surface area contributed by atoms with Crippen LogP contribution in [0.1, 0.15) is 107 Å². The van der Waals surface area contributed by atoms with Gasteiger partial charge < -0.3 is 25.2 Å². The van der Waals surface area contributed by atoms with Gasteiger partial charge in [0.25, 0.3) is 0 Å². The third-order valence-corrected chi connectivity index (χ3v) is 12.4. The number of ketones is 1. The highest BCUT2D eigenvalue weighted by Gasteiger charge is 2.67. The molecule has 0 aromatic carbocycles. The average Bonchev–Trinajstić information content (AvgIpc) is 3.11. The lowest BCUT2D eigenvalue weighted by Gasteiger charge is -2.62. The topological polar surface area (TPSA) is 124 Å². The van der Waals surface area contributed by atoms with Crippen molar-refractivity contribution in [1.29, 1.82) is 0 Å². The van der Waals surface area contributed by atoms with E-state index in [1.165, 1.54) is 13.8 Å². The molecule has 4 aliphatic rings. The summed E-state index contributed by atoms with van der Waals surface area (Å²) < 4.78 is 5.74. The van der Waals surface area contributed by atoms with Crippen molar-refractivity contribution in [1.82, 2.24) is 0 Å². The zero-order valence-electron chi connectivity index (χ0n) is 25.3. The molecular formula is C32H52O7. The Balaban J connectivity index is 1.67. The molecule has 222 valence electrons. The number of carbonyl (C=O) groups is 2. The number of allylic oxidation sites excluding steroid dienone is 1. The van der Waals surface area contributed by atoms with Crippen LogP contribution in [-0.2, 0) is 14.3 Å². The van der Waals surface area contributed by atoms with E-state index in [-0.39, 0.29) is 51.9 Å². The van der Waals surface area contributed by atoms with Gasteiger partial charge in [0, 0.05) is 29.7 Å². The maximum Gasteiger partial charge on any atom is 0.302 e. The van der Waals surface area contributed by atoms with Crippen molar-refractivity contribution in [2.24, 2.45) is 39.4 Å². The molecular weight excluding hydrogens is 496 g/mol. The lowest BCUT2D eigenvalue weighted by atomic mass is 9.42. The normalized spacial score (nSPS) is 42.6. The number of hydrogen-bond donors (Lipinski definition) is 4. The van der Waals surface area contributed by atoms with Crippen molar-refractivity contribution in [2.45, 2.75) is 131 Å². The minimum absolute atomic E-state index is 0.0196. The Morgan fingerprint density at radius 2 is 1.77 bits per heavy atom. The first-order valence-electron chi connectivity index (χ1n) is 15.0. The van der Waals surface area contributed by atoms with Crippen molar-refractivity contribution in [3.05, 3.63) is 11.1 Å². The number of aliphatic hydroxyl groups is 4. The van der Waals surface area contributed by atoms with E-state index in [9.17, 15) is 30.0 Å². The van der Waals surface area contributed by atoms with Gasteiger partial charge in [0.2, 0.25) is 0 Å². The minimum atomic E-state index is -1.53. The van der Waals surface area contributed by atoms with Crippen LogP contribution in [0.25, 0.3) is 0 Å². The number of hydrogen-bond acceptors (Lipinski definition) is 7. The predicted octanol–water partition coefficient (Wildman–Crippen LogP) is 4.34. The van der Waals surface area contributed by atoms with E-state index in [0.29, 0.717) is 32.1 Å². The first-order valence-corrected chi connectivity index (χ1v) is 15.0. The zero-order valence-corrected chi connectivity index (χ0v) is 25.3. The molecule has 10 unspecified atom stereocenters. The molecule has 2 saturated carbocycles. The summed E-state index contributed by atoms with van der Waals surface area (Å²) in [5, 5.41) is 42.0. The highest BCUT2D eigenvalue weighted by Crippen LogP contribution is 2.72. The fraction of sp³-hybridized carbons (Fsp3) is 0.875. The van der Waals surface area contributed by atoms with Gasteiger partial charge in [-0.25, -0.2) is 0 Å². The second-order valence-corrected chi connectivity index (χ2v) is 15.0. The van der Waals surface area contributed by atoms with Crippen LogP contribution in [0, 0.1) is 39.4 Å². The summed E-state index contributed by atoms with van der Waals surface area (Å²) in [6.45, 7) is 15.5. The Kier molecular flexibility index (Phi) is 7.80. The van der Waals surface area contributed by atoms with E-state index in [4.69, 9.17) is 4.74 Å². The lowest BCUT2D eigenvalue weighted by Crippen LogP contribution is -2.60. The number of fused-ring (bicyclic) bond motifs is 4. The molecule has 10 atom stereocenters. The number of Topliss-reactive ketones (excluding diaryl/α,β-unsaturated/α-hetero) is 1. The summed E-state index contributed by atoms with van der Waals surface area (Å²) in [5.74, 6) is 0.300. The lowest BCUT2D eigenvalue weighted by molar-refractivity contribution is -0.169. The van der Waals surface area contributed by atoms with Gasteiger partial charge in [-0.15, -0.1) is 0 Å². The Labute approximate surface area is 234 Å². The van der Waals surface area contributed by atoms with Crippen LogP contribution in [0.15, 0.2) is 11.1 Å². The second-order valence-electron chi connectivity index (χ2n) is 15.0. The number of ether oxygens (including phenoxy) is 1. The third kappa shape index (κ3) is 4.54. The van der Waals surface area contributed by atoms with E-state index in [1.54, 1.807) is 0 Å². The van der Waals surface area contributed by atoms with Crippen LogP contribution in [0.4, 0.5) is 0 Å². The zero-order chi connectivity index (χ0) is 29.3. The highest BCUT2D eigenvalue weighted by atomic mass is 16.5. The number of esters is 1. The molecule has 0 bridgehead atoms. The van der Waals surface area contributed by atoms with Crippen molar-refractivity contribution in [3.8, 4) is 0 Å². The van der Waals surface area contributed by atoms with Gasteiger partial charge in [0.1, 0.15) is 11.7 Å². The smallest absolute Gasteiger partial charge is 0.302 e. The number of rotatable bonds is 7. The summed E-state index contributed by atoms with van der Waals surface area (Å²) in [5.41, 5.74) is -1.08. The molecule has 0 radical (unpaired) electrons. The van der Waals surface area contributed by atoms with Gasteiger partial charge in [-0.2, -0.15) is 0 Å². The molecule has 0 aliphatic heterocycles. The molecule has 0 aromatic rings. The minimum Gasteiger partial charge on any atom is -0.462 e. The first kappa shape index (κ1) is 30.7. The summed E-state index contributed by atoms with van der Waals surface area (Å²) in [4.78, 5) is 26.0. The highest BCUT2D eigenvalue weighted by molar-refractivity contribution is 6.00. The molecule has 0 saturated heterocycles. The van der Waals surface area contributed by atoms with Crippen molar-refractivity contribution in [3.63, 3.8) is 0 Å². The average molecular weight is 549 g/mol. The van der Waals surface area contributed by atoms with E-state index in [2.05, 4.69) is 41.5 Å². The number of carbonyl (C=O) groups excluding carboxylic acids is 2. The summed E-state index contributed by atoms with van der Waals surface area (Å²) in [6, 6.07) is 0. The van der Waals surface area contributed by atoms with E-state index < -0.39 is 29.8 Å². The van der Waals surface area contributed by atoms with Crippen LogP contribution < -0.4 is 0 Å². The third-order valence-electron chi connectivity index (χ3n) is 12.4. The Morgan fingerprint density at radius 1 is 1.13 bits per heavy atom. The Hall–Kier alpha value is -1.28. The molecule has 7 nitrogen and oxygen atoms in total. The maximum atomic E-state index is 14.2. The van der Waals surface area contributed by atoms with Gasteiger partial charge in [0.05, 0.1) is 18.8 Å². The summed E-state index contributed by atoms with van der Waals surface area (Å²) >= 11 is 0. The SMILES string of the molecule is CC(=O)OC1CCC2(C)C3=C(C(=O)CC2C1(C)C)C1(C)CCC(C(C)CCC(O)C(C)(O)CO)C1(C)CC3O. The maximum absolute atomic E-state index is 14.2. The van der Waals surface area contributed by atoms with Crippen molar-refractivity contribution < 1.29 is 34.8 Å². The van der Waals surface area contributed by atoms with Gasteiger partial charge >= 0.3 is 5.97 Å². The monoisotopic (exact) mass is 548 g/mol. The Bertz CT molecular complexity index is 1030. The van der Waals surface area contributed by atoms with Crippen LogP contribution in [0.5, 0.6) is 0 Å². The van der Waals surface area contributed by atoms with E-state index >= 15 is 0 Å². The van der Waals surface area contributed by atoms with Crippen LogP contribution in [0.2, 0.25) is 0 Å². The fourth-order valence-corrected chi connectivity index (χ4v) is 9.82. The molecule has 39 heavy (non-hydrogen) atoms. The molecule has 0 spiro atoms. The van der Waals surface area contributed by atoms with Crippen LogP contribution in [-0.4, -0.2) is 62.7 Å². The predicted molar refractivity (Wildman–Crippen MR) is 148 cm³/mol. The summed E-state index contributed by atoms with van der Waals surface area (Å²) in [6.07, 6.45) is 3.42. The quantitative estimate of drug-likeness (QED) is 0.349. The second kappa shape index (κ2) is 9.92. The van der Waals surface area contributed by atoms with Crippen molar-refractivity contribution in [2.75, 3.05) is 6.61 Å². The van der Waals surface area contributed by atoms with E-state index in [0.717, 1.165) is 30.4 Å². The Morgan fingerprint density at radius 3 is 2.36 bits per heavy atom. The van der Waals surface area contributed by atoms with Crippen LogP contribution >= 0.6 is 0 Å². The van der Waals surface area contributed by atoms with Gasteiger partial charge in [0.15, 0.2) is 5.78 Å². The molecule has 0 heterocycles. The largest absolute Gasteiger partial charge is 0.462 e. The molecule has 0 amide bonds. The van der Waals surface area contributed by atoms with Gasteiger partial charge in [-0.1, -0.05) is 41.5 Å². The van der Waals surface area contributed by atoms with Crippen LogP contribution in [0.3, 0.4) is 0 Å². The first-order chi connectivity index (χ1) is 17.9. The molecule has 4 rings (SSSR count). The van der Waals surface area contributed by atoms with Crippen molar-refractivity contribution >= 4 is 11.8 Å². The van der Waals surface area contributed by atoms with E-state index in [1.807, 2.05) is 0 Å². The standard InChI is InChI=1S/C32H52O7/c1-18(9-10-24(37)32(8,38)17-33)20-11-14-30(6)27-21(35)15-23-28(3,4)25(39-19(2)34)12-13-29(23,5)26(27)22(36)16-31(20,30)7/h18,20,22-25,33,36-38H,9-17H2,1-8H3.